The van der Waals surface area contributed by atoms with Crippen LogP contribution in [0.25, 0.3) is 6.08 Å². The second kappa shape index (κ2) is 13.2. The monoisotopic (exact) mass is 688 g/mol. The number of ether oxygens (including phenoxy) is 1. The van der Waals surface area contributed by atoms with E-state index in [-0.39, 0.29) is 57.1 Å². The summed E-state index contributed by atoms with van der Waals surface area (Å²) in [6.45, 7) is 1.22. The minimum Gasteiger partial charge on any atom is -0.465 e. The fourth-order valence-electron chi connectivity index (χ4n) is 4.80. The first-order chi connectivity index (χ1) is 21.4. The second-order valence-corrected chi connectivity index (χ2v) is 13.1. The zero-order chi connectivity index (χ0) is 32.5. The van der Waals surface area contributed by atoms with Gasteiger partial charge in [-0.05, 0) is 79.2 Å². The number of para-hydroxylation sites is 1. The molecule has 0 atom stereocenters. The van der Waals surface area contributed by atoms with Crippen LogP contribution in [0.1, 0.15) is 24.0 Å². The number of nitrogens with zero attached hydrogens (tertiary/aromatic N) is 2. The smallest absolute Gasteiger partial charge is 0.340 e. The number of hydrogen-bond donors (Lipinski definition) is 0. The van der Waals surface area contributed by atoms with Gasteiger partial charge < -0.3 is 9.15 Å². The summed E-state index contributed by atoms with van der Waals surface area (Å²) in [6, 6.07) is 19.3. The van der Waals surface area contributed by atoms with Crippen LogP contribution in [0, 0.1) is 5.82 Å². The first-order valence-electron chi connectivity index (χ1n) is 13.3. The lowest BCUT2D eigenvalue weighted by Gasteiger charge is -2.22. The van der Waals surface area contributed by atoms with Gasteiger partial charge >= 0.3 is 5.97 Å². The fraction of sp³-hybridized carbons (Fsp3) is 0.125. The summed E-state index contributed by atoms with van der Waals surface area (Å²) in [6.07, 6.45) is 1.33. The number of carbonyl (C=O) groups excluding carboxylic acids is 2. The highest BCUT2D eigenvalue weighted by Crippen LogP contribution is 2.37. The van der Waals surface area contributed by atoms with E-state index in [9.17, 15) is 22.4 Å². The molecule has 0 radical (unpaired) electrons. The maximum absolute atomic E-state index is 14.7. The number of amides is 1. The standard InChI is InChI=1S/C32H24Cl3FN2O6S/c1-19-30(32(40)43-2)25(31(39)38(19)29-6-4-3-5-28(29)36)16-22-10-11-23(44-22)18-37(17-20-7-14-26(34)27(35)15-20)45(41,42)24-12-8-21(33)9-13-24/h3-16H,17-18H2,1-2H3/b25-16+. The van der Waals surface area contributed by atoms with Gasteiger partial charge in [-0.2, -0.15) is 4.31 Å². The Labute approximate surface area is 273 Å². The summed E-state index contributed by atoms with van der Waals surface area (Å²) >= 11 is 18.2. The molecule has 3 aromatic carbocycles. The van der Waals surface area contributed by atoms with Crippen molar-refractivity contribution in [2.24, 2.45) is 0 Å². The SMILES string of the molecule is COC(=O)C1=C(C)N(c2ccccc2F)C(=O)/C1=C/c1ccc(CN(Cc2ccc(Cl)c(Cl)c2)S(=O)(=O)c2ccc(Cl)cc2)o1. The van der Waals surface area contributed by atoms with E-state index in [1.165, 1.54) is 72.9 Å². The Morgan fingerprint density at radius 3 is 2.36 bits per heavy atom. The molecule has 0 aliphatic carbocycles. The predicted molar refractivity (Wildman–Crippen MR) is 170 cm³/mol. The van der Waals surface area contributed by atoms with Crippen LogP contribution in [0.15, 0.2) is 105 Å². The number of rotatable bonds is 9. The molecule has 4 aromatic rings. The molecular formula is C32H24Cl3FN2O6S. The zero-order valence-electron chi connectivity index (χ0n) is 23.8. The summed E-state index contributed by atoms with van der Waals surface area (Å²) < 4.78 is 54.2. The third kappa shape index (κ3) is 6.70. The molecule has 1 aliphatic heterocycles. The molecule has 0 unspecified atom stereocenters. The highest BCUT2D eigenvalue weighted by molar-refractivity contribution is 7.89. The van der Waals surface area contributed by atoms with Crippen LogP contribution in [-0.2, 0) is 37.4 Å². The van der Waals surface area contributed by atoms with E-state index >= 15 is 0 Å². The lowest BCUT2D eigenvalue weighted by Crippen LogP contribution is -2.30. The van der Waals surface area contributed by atoms with Gasteiger partial charge in [0.05, 0.1) is 45.4 Å². The Bertz CT molecular complexity index is 1970. The molecule has 0 bridgehead atoms. The number of hydrogen-bond acceptors (Lipinski definition) is 6. The minimum absolute atomic E-state index is 0.00831. The van der Waals surface area contributed by atoms with Crippen molar-refractivity contribution in [3.05, 3.63) is 134 Å². The van der Waals surface area contributed by atoms with Crippen molar-refractivity contribution in [3.8, 4) is 0 Å². The number of sulfonamides is 1. The van der Waals surface area contributed by atoms with E-state index in [0.29, 0.717) is 15.6 Å². The average molecular weight is 690 g/mol. The maximum Gasteiger partial charge on any atom is 0.340 e. The molecule has 1 aromatic heterocycles. The topological polar surface area (TPSA) is 97.1 Å². The second-order valence-electron chi connectivity index (χ2n) is 9.88. The van der Waals surface area contributed by atoms with Crippen LogP contribution in [0.3, 0.4) is 0 Å². The molecule has 13 heteroatoms. The fourth-order valence-corrected chi connectivity index (χ4v) is 6.64. The quantitative estimate of drug-likeness (QED) is 0.132. The molecule has 45 heavy (non-hydrogen) atoms. The van der Waals surface area contributed by atoms with Gasteiger partial charge in [0.25, 0.3) is 5.91 Å². The summed E-state index contributed by atoms with van der Waals surface area (Å²) in [4.78, 5) is 27.4. The van der Waals surface area contributed by atoms with Crippen molar-refractivity contribution in [1.29, 1.82) is 0 Å². The number of furan rings is 1. The van der Waals surface area contributed by atoms with Gasteiger partial charge in [-0.15, -0.1) is 0 Å². The van der Waals surface area contributed by atoms with Crippen molar-refractivity contribution in [3.63, 3.8) is 0 Å². The number of methoxy groups -OCH3 is 1. The Kier molecular flexibility index (Phi) is 9.52. The average Bonchev–Trinajstić information content (AvgIpc) is 3.55. The Balaban J connectivity index is 1.50. The molecule has 1 aliphatic rings. The molecule has 232 valence electrons. The number of esters is 1. The number of allylic oxidation sites excluding steroid dienone is 1. The van der Waals surface area contributed by atoms with E-state index in [1.807, 2.05) is 0 Å². The summed E-state index contributed by atoms with van der Waals surface area (Å²) in [7, 11) is -2.90. The van der Waals surface area contributed by atoms with Crippen molar-refractivity contribution in [2.45, 2.75) is 24.9 Å². The molecule has 8 nitrogen and oxygen atoms in total. The molecule has 0 spiro atoms. The maximum atomic E-state index is 14.7. The van der Waals surface area contributed by atoms with Gasteiger partial charge in [-0.1, -0.05) is 53.0 Å². The van der Waals surface area contributed by atoms with Crippen LogP contribution < -0.4 is 4.90 Å². The number of anilines is 1. The number of carbonyl (C=O) groups is 2. The number of halogens is 4. The Morgan fingerprint density at radius 2 is 1.69 bits per heavy atom. The lowest BCUT2D eigenvalue weighted by atomic mass is 10.1. The molecule has 0 N–H and O–H groups in total. The normalized spacial score (nSPS) is 14.6. The van der Waals surface area contributed by atoms with E-state index in [2.05, 4.69) is 0 Å². The first-order valence-corrected chi connectivity index (χ1v) is 15.9. The van der Waals surface area contributed by atoms with Gasteiger partial charge in [0.2, 0.25) is 10.0 Å². The molecule has 0 saturated heterocycles. The number of benzene rings is 3. The van der Waals surface area contributed by atoms with E-state index in [1.54, 1.807) is 30.3 Å². The summed E-state index contributed by atoms with van der Waals surface area (Å²) in [5, 5.41) is 0.960. The molecular weight excluding hydrogens is 666 g/mol. The van der Waals surface area contributed by atoms with Crippen LogP contribution in [-0.4, -0.2) is 31.7 Å². The highest BCUT2D eigenvalue weighted by atomic mass is 35.5. The van der Waals surface area contributed by atoms with Gasteiger partial charge in [-0.25, -0.2) is 17.6 Å². The van der Waals surface area contributed by atoms with E-state index in [0.717, 1.165) is 4.90 Å². The van der Waals surface area contributed by atoms with Gasteiger partial charge in [-0.3, -0.25) is 9.69 Å². The van der Waals surface area contributed by atoms with Crippen LogP contribution in [0.2, 0.25) is 15.1 Å². The Hall–Kier alpha value is -3.93. The van der Waals surface area contributed by atoms with E-state index in [4.69, 9.17) is 44.0 Å². The lowest BCUT2D eigenvalue weighted by molar-refractivity contribution is -0.136. The first kappa shape index (κ1) is 32.5. The van der Waals surface area contributed by atoms with Crippen molar-refractivity contribution >= 4 is 68.5 Å². The zero-order valence-corrected chi connectivity index (χ0v) is 26.8. The van der Waals surface area contributed by atoms with Crippen LogP contribution in [0.4, 0.5) is 10.1 Å². The summed E-state index contributed by atoms with van der Waals surface area (Å²) in [5.41, 5.74) is 0.580. The summed E-state index contributed by atoms with van der Waals surface area (Å²) in [5.74, 6) is -1.73. The molecule has 0 fully saturated rings. The van der Waals surface area contributed by atoms with Crippen molar-refractivity contribution in [2.75, 3.05) is 12.0 Å². The molecule has 2 heterocycles. The van der Waals surface area contributed by atoms with Crippen LogP contribution in [0.5, 0.6) is 0 Å². The molecule has 5 rings (SSSR count). The van der Waals surface area contributed by atoms with Gasteiger partial charge in [0, 0.05) is 17.3 Å². The van der Waals surface area contributed by atoms with E-state index < -0.39 is 27.7 Å². The molecule has 1 amide bonds. The van der Waals surface area contributed by atoms with Gasteiger partial charge in [0.1, 0.15) is 17.3 Å². The van der Waals surface area contributed by atoms with Crippen LogP contribution >= 0.6 is 34.8 Å². The molecule has 0 saturated carbocycles. The van der Waals surface area contributed by atoms with Crippen molar-refractivity contribution < 1.29 is 31.6 Å². The third-order valence-corrected chi connectivity index (χ3v) is 9.78. The predicted octanol–water partition coefficient (Wildman–Crippen LogP) is 7.65. The third-order valence-electron chi connectivity index (χ3n) is 6.98. The Morgan fingerprint density at radius 1 is 0.978 bits per heavy atom. The minimum atomic E-state index is -4.07. The highest BCUT2D eigenvalue weighted by Gasteiger charge is 2.39. The van der Waals surface area contributed by atoms with Crippen molar-refractivity contribution in [1.82, 2.24) is 4.31 Å². The largest absolute Gasteiger partial charge is 0.465 e. The van der Waals surface area contributed by atoms with Gasteiger partial charge in [0.15, 0.2) is 0 Å².